The van der Waals surface area contributed by atoms with E-state index in [0.717, 1.165) is 0 Å². The van der Waals surface area contributed by atoms with E-state index in [9.17, 15) is 4.79 Å². The molecule has 0 unspecified atom stereocenters. The number of hydrogen-bond acceptors (Lipinski definition) is 6. The summed E-state index contributed by atoms with van der Waals surface area (Å²) in [5, 5.41) is 12.9. The lowest BCUT2D eigenvalue weighted by Crippen LogP contribution is -1.94. The molecule has 1 heterocycles. The van der Waals surface area contributed by atoms with Crippen molar-refractivity contribution >= 4 is 17.7 Å². The molecule has 70 valence electrons. The van der Waals surface area contributed by atoms with E-state index < -0.39 is 5.97 Å². The van der Waals surface area contributed by atoms with Crippen molar-refractivity contribution in [2.75, 3.05) is 7.11 Å². The van der Waals surface area contributed by atoms with Crippen molar-refractivity contribution in [3.8, 4) is 0 Å². The predicted molar refractivity (Wildman–Crippen MR) is 45.8 cm³/mol. The molecule has 0 aliphatic carbocycles. The minimum absolute atomic E-state index is 0.400. The maximum absolute atomic E-state index is 10.6. The molecule has 0 radical (unpaired) electrons. The molecular weight excluding hydrogens is 192 g/mol. The maximum Gasteiger partial charge on any atom is 0.330 e. The molecule has 0 saturated carbocycles. The lowest BCUT2D eigenvalue weighted by atomic mass is 10.7. The van der Waals surface area contributed by atoms with Crippen molar-refractivity contribution in [3.63, 3.8) is 0 Å². The molecule has 13 heavy (non-hydrogen) atoms. The van der Waals surface area contributed by atoms with E-state index >= 15 is 0 Å². The number of aryl methyl sites for hydroxylation is 1. The summed E-state index contributed by atoms with van der Waals surface area (Å²) in [4.78, 5) is 10.6. The van der Waals surface area contributed by atoms with E-state index in [2.05, 4.69) is 20.3 Å². The van der Waals surface area contributed by atoms with Crippen molar-refractivity contribution in [1.82, 2.24) is 20.2 Å². The van der Waals surface area contributed by atoms with Gasteiger partial charge in [0.05, 0.1) is 7.11 Å². The number of esters is 1. The van der Waals surface area contributed by atoms with Crippen LogP contribution >= 0.6 is 11.8 Å². The van der Waals surface area contributed by atoms with Crippen molar-refractivity contribution < 1.29 is 9.53 Å². The smallest absolute Gasteiger partial charge is 0.330 e. The summed E-state index contributed by atoms with van der Waals surface area (Å²) in [5.74, 6) is -0.400. The molecule has 0 fully saturated rings. The number of ether oxygens (including phenoxy) is 1. The van der Waals surface area contributed by atoms with Crippen LogP contribution in [0.2, 0.25) is 0 Å². The maximum atomic E-state index is 10.6. The molecule has 7 heteroatoms. The fraction of sp³-hybridized carbons (Fsp3) is 0.333. The number of carbonyl (C=O) groups is 1. The number of thioether (sulfide) groups is 1. The highest BCUT2D eigenvalue weighted by molar-refractivity contribution is 8.02. The van der Waals surface area contributed by atoms with E-state index in [4.69, 9.17) is 0 Å². The van der Waals surface area contributed by atoms with Crippen LogP contribution in [0.4, 0.5) is 0 Å². The topological polar surface area (TPSA) is 69.9 Å². The monoisotopic (exact) mass is 200 g/mol. The van der Waals surface area contributed by atoms with Gasteiger partial charge in [0.1, 0.15) is 0 Å². The molecule has 0 atom stereocenters. The Labute approximate surface area is 78.9 Å². The summed E-state index contributed by atoms with van der Waals surface area (Å²) in [5.41, 5.74) is 0. The summed E-state index contributed by atoms with van der Waals surface area (Å²) < 4.78 is 5.91. The fourth-order valence-corrected chi connectivity index (χ4v) is 1.11. The van der Waals surface area contributed by atoms with Crippen LogP contribution in [0.3, 0.4) is 0 Å². The van der Waals surface area contributed by atoms with Crippen LogP contribution in [0.5, 0.6) is 0 Å². The Kier molecular flexibility index (Phi) is 3.44. The zero-order chi connectivity index (χ0) is 9.68. The van der Waals surface area contributed by atoms with E-state index in [1.54, 1.807) is 12.5 Å². The third-order valence-corrected chi connectivity index (χ3v) is 1.99. The number of methoxy groups -OCH3 is 1. The molecule has 0 N–H and O–H groups in total. The molecule has 1 aromatic rings. The number of aromatic nitrogens is 4. The summed E-state index contributed by atoms with van der Waals surface area (Å²) in [6.07, 6.45) is 1.30. The second kappa shape index (κ2) is 4.61. The first-order valence-electron chi connectivity index (χ1n) is 3.37. The Morgan fingerprint density at radius 1 is 1.69 bits per heavy atom. The first-order chi connectivity index (χ1) is 6.24. The average molecular weight is 200 g/mol. The first kappa shape index (κ1) is 9.72. The third-order valence-electron chi connectivity index (χ3n) is 1.16. The molecule has 6 nitrogen and oxygen atoms in total. The van der Waals surface area contributed by atoms with E-state index in [-0.39, 0.29) is 0 Å². The largest absolute Gasteiger partial charge is 0.466 e. The summed E-state index contributed by atoms with van der Waals surface area (Å²) >= 11 is 1.24. The highest BCUT2D eigenvalue weighted by atomic mass is 32.2. The van der Waals surface area contributed by atoms with Crippen molar-refractivity contribution in [2.45, 2.75) is 5.16 Å². The van der Waals surface area contributed by atoms with Gasteiger partial charge in [0, 0.05) is 13.1 Å². The Morgan fingerprint density at radius 3 is 3.00 bits per heavy atom. The standard InChI is InChI=1S/C6H8N4O2S/c1-10-6(7-8-9-10)13-4-3-5(11)12-2/h3-4H,1-2H3/b4-3-. The van der Waals surface area contributed by atoms with Crippen LogP contribution in [-0.4, -0.2) is 33.3 Å². The van der Waals surface area contributed by atoms with Crippen LogP contribution in [0.15, 0.2) is 16.6 Å². The number of hydrogen-bond donors (Lipinski definition) is 0. The Balaban J connectivity index is 2.48. The fourth-order valence-electron chi connectivity index (χ4n) is 0.540. The van der Waals surface area contributed by atoms with Crippen molar-refractivity contribution in [1.29, 1.82) is 0 Å². The number of tetrazole rings is 1. The molecule has 0 amide bonds. The molecule has 0 aliphatic heterocycles. The van der Waals surface area contributed by atoms with E-state index in [1.165, 1.54) is 29.6 Å². The minimum atomic E-state index is -0.400. The van der Waals surface area contributed by atoms with Gasteiger partial charge < -0.3 is 4.74 Å². The van der Waals surface area contributed by atoms with Crippen molar-refractivity contribution in [2.24, 2.45) is 7.05 Å². The van der Waals surface area contributed by atoms with Gasteiger partial charge in [0.15, 0.2) is 0 Å². The van der Waals surface area contributed by atoms with Crippen LogP contribution in [0.25, 0.3) is 0 Å². The third kappa shape index (κ3) is 2.86. The summed E-state index contributed by atoms with van der Waals surface area (Å²) in [7, 11) is 3.04. The molecule has 0 saturated heterocycles. The molecule has 0 aliphatic rings. The van der Waals surface area contributed by atoms with Gasteiger partial charge in [-0.25, -0.2) is 9.48 Å². The highest BCUT2D eigenvalue weighted by Gasteiger charge is 1.99. The average Bonchev–Trinajstić information content (AvgIpc) is 2.52. The Hall–Kier alpha value is -1.37. The number of carbonyl (C=O) groups excluding carboxylic acids is 1. The lowest BCUT2D eigenvalue weighted by molar-refractivity contribution is -0.134. The van der Waals surface area contributed by atoms with Gasteiger partial charge in [0.2, 0.25) is 5.16 Å². The van der Waals surface area contributed by atoms with Gasteiger partial charge in [0.25, 0.3) is 0 Å². The Morgan fingerprint density at radius 2 is 2.46 bits per heavy atom. The van der Waals surface area contributed by atoms with Gasteiger partial charge in [-0.3, -0.25) is 0 Å². The van der Waals surface area contributed by atoms with Crippen LogP contribution in [0.1, 0.15) is 0 Å². The van der Waals surface area contributed by atoms with Gasteiger partial charge >= 0.3 is 5.97 Å². The highest BCUT2D eigenvalue weighted by Crippen LogP contribution is 2.12. The molecule has 1 aromatic heterocycles. The number of nitrogens with zero attached hydrogens (tertiary/aromatic N) is 4. The van der Waals surface area contributed by atoms with Gasteiger partial charge in [-0.15, -0.1) is 5.10 Å². The molecule has 0 aromatic carbocycles. The van der Waals surface area contributed by atoms with Gasteiger partial charge in [-0.1, -0.05) is 11.8 Å². The molecular formula is C6H8N4O2S. The van der Waals surface area contributed by atoms with Gasteiger partial charge in [-0.2, -0.15) is 0 Å². The lowest BCUT2D eigenvalue weighted by Gasteiger charge is -1.91. The van der Waals surface area contributed by atoms with Crippen molar-refractivity contribution in [3.05, 3.63) is 11.5 Å². The van der Waals surface area contributed by atoms with Crippen LogP contribution in [0, 0.1) is 0 Å². The minimum Gasteiger partial charge on any atom is -0.466 e. The first-order valence-corrected chi connectivity index (χ1v) is 4.25. The van der Waals surface area contributed by atoms with E-state index in [0.29, 0.717) is 5.16 Å². The summed E-state index contributed by atoms with van der Waals surface area (Å²) in [6.45, 7) is 0. The SMILES string of the molecule is COC(=O)/C=C\Sc1nnnn1C. The van der Waals surface area contributed by atoms with Crippen LogP contribution in [-0.2, 0) is 16.6 Å². The molecule has 1 rings (SSSR count). The number of rotatable bonds is 3. The second-order valence-electron chi connectivity index (χ2n) is 2.03. The van der Waals surface area contributed by atoms with Gasteiger partial charge in [-0.05, 0) is 15.8 Å². The molecule has 0 bridgehead atoms. The zero-order valence-electron chi connectivity index (χ0n) is 7.17. The second-order valence-corrected chi connectivity index (χ2v) is 2.90. The quantitative estimate of drug-likeness (QED) is 0.388. The zero-order valence-corrected chi connectivity index (χ0v) is 7.98. The summed E-state index contributed by atoms with van der Waals surface area (Å²) in [6, 6.07) is 0. The van der Waals surface area contributed by atoms with Crippen LogP contribution < -0.4 is 0 Å². The Bertz CT molecular complexity index is 322. The molecule has 0 spiro atoms. The predicted octanol–water partition coefficient (Wildman–Crippen LogP) is -0.0111. The normalized spacial score (nSPS) is 10.6. The van der Waals surface area contributed by atoms with E-state index in [1.807, 2.05) is 0 Å².